The number of nitrogens with one attached hydrogen (secondary N) is 1. The smallest absolute Gasteiger partial charge is 0.138 e. The maximum atomic E-state index is 6.43. The minimum atomic E-state index is 0.166. The van der Waals surface area contributed by atoms with E-state index >= 15 is 0 Å². The lowest BCUT2D eigenvalue weighted by atomic mass is 9.94. The van der Waals surface area contributed by atoms with Crippen molar-refractivity contribution in [3.05, 3.63) is 58.6 Å². The largest absolute Gasteiger partial charge is 0.355 e. The molecule has 0 aliphatic carbocycles. The quantitative estimate of drug-likeness (QED) is 0.688. The van der Waals surface area contributed by atoms with Crippen LogP contribution in [0.2, 0.25) is 5.02 Å². The third-order valence-electron chi connectivity index (χ3n) is 6.55. The summed E-state index contributed by atoms with van der Waals surface area (Å²) in [4.78, 5) is 14.5. The van der Waals surface area contributed by atoms with E-state index in [0.717, 1.165) is 67.5 Å². The number of likely N-dealkylation sites (N-methyl/N-ethyl adjacent to an activating group) is 1. The molecule has 2 aliphatic heterocycles. The first-order valence-corrected chi connectivity index (χ1v) is 11.3. The molecule has 0 spiro atoms. The van der Waals surface area contributed by atoms with Crippen LogP contribution in [0.25, 0.3) is 5.65 Å². The Balaban J connectivity index is 1.47. The van der Waals surface area contributed by atoms with E-state index in [0.29, 0.717) is 0 Å². The first-order chi connectivity index (χ1) is 14.6. The number of rotatable bonds is 3. The minimum absolute atomic E-state index is 0.166. The number of aryl methyl sites for hydroxylation is 1. The zero-order chi connectivity index (χ0) is 20.7. The average molecular weight is 425 g/mol. The Labute approximate surface area is 182 Å². The summed E-state index contributed by atoms with van der Waals surface area (Å²) in [5.74, 6) is 1.25. The average Bonchev–Trinajstić information content (AvgIpc) is 3.12. The van der Waals surface area contributed by atoms with Crippen molar-refractivity contribution in [2.75, 3.05) is 38.1 Å². The fraction of sp³-hybridized carbons (Fsp3) is 0.478. The molecular formula is C23H29ClN6. The number of pyridine rings is 2. The molecule has 1 N–H and O–H groups in total. The van der Waals surface area contributed by atoms with E-state index in [4.69, 9.17) is 16.6 Å². The van der Waals surface area contributed by atoms with Crippen LogP contribution in [0.1, 0.15) is 48.4 Å². The van der Waals surface area contributed by atoms with Crippen LogP contribution >= 0.6 is 11.6 Å². The summed E-state index contributed by atoms with van der Waals surface area (Å²) in [5, 5.41) is 4.53. The second-order valence-electron chi connectivity index (χ2n) is 8.52. The van der Waals surface area contributed by atoms with Crippen molar-refractivity contribution in [2.45, 2.75) is 38.3 Å². The van der Waals surface area contributed by atoms with Crippen LogP contribution in [0.15, 0.2) is 36.5 Å². The van der Waals surface area contributed by atoms with Crippen LogP contribution < -0.4 is 10.2 Å². The van der Waals surface area contributed by atoms with Gasteiger partial charge in [0.1, 0.15) is 11.5 Å². The van der Waals surface area contributed by atoms with Gasteiger partial charge in [-0.25, -0.2) is 4.98 Å². The Hall–Kier alpha value is -2.15. The molecule has 3 aromatic heterocycles. The maximum absolute atomic E-state index is 6.43. The summed E-state index contributed by atoms with van der Waals surface area (Å²) in [6.07, 6.45) is 5.08. The lowest BCUT2D eigenvalue weighted by Crippen LogP contribution is -2.45. The second-order valence-corrected chi connectivity index (χ2v) is 8.93. The number of fused-ring (bicyclic) bond motifs is 1. The van der Waals surface area contributed by atoms with Gasteiger partial charge in [0.25, 0.3) is 0 Å². The van der Waals surface area contributed by atoms with Crippen LogP contribution in [0.3, 0.4) is 0 Å². The van der Waals surface area contributed by atoms with Crippen molar-refractivity contribution in [1.29, 1.82) is 0 Å². The van der Waals surface area contributed by atoms with Gasteiger partial charge in [-0.2, -0.15) is 0 Å². The molecule has 0 aromatic carbocycles. The molecule has 3 aromatic rings. The molecule has 30 heavy (non-hydrogen) atoms. The molecule has 2 fully saturated rings. The summed E-state index contributed by atoms with van der Waals surface area (Å²) in [6.45, 7) is 6.48. The van der Waals surface area contributed by atoms with E-state index in [1.54, 1.807) is 0 Å². The molecule has 6 nitrogen and oxygen atoms in total. The molecule has 0 saturated carbocycles. The number of nitrogens with zero attached hydrogens (tertiary/aromatic N) is 5. The molecule has 0 radical (unpaired) electrons. The van der Waals surface area contributed by atoms with Crippen molar-refractivity contribution < 1.29 is 0 Å². The van der Waals surface area contributed by atoms with Crippen LogP contribution in [-0.2, 0) is 0 Å². The summed E-state index contributed by atoms with van der Waals surface area (Å²) in [7, 11) is 2.19. The van der Waals surface area contributed by atoms with Crippen LogP contribution in [0.5, 0.6) is 0 Å². The lowest BCUT2D eigenvalue weighted by Gasteiger charge is -2.34. The number of anilines is 1. The van der Waals surface area contributed by atoms with E-state index in [1.807, 2.05) is 18.3 Å². The molecule has 5 heterocycles. The molecule has 158 valence electrons. The number of piperazine rings is 1. The van der Waals surface area contributed by atoms with E-state index in [-0.39, 0.29) is 12.1 Å². The number of hydrogen-bond acceptors (Lipinski definition) is 5. The molecule has 2 atom stereocenters. The van der Waals surface area contributed by atoms with Gasteiger partial charge in [-0.3, -0.25) is 9.38 Å². The van der Waals surface area contributed by atoms with Gasteiger partial charge in [0, 0.05) is 38.1 Å². The van der Waals surface area contributed by atoms with Crippen molar-refractivity contribution in [2.24, 2.45) is 0 Å². The van der Waals surface area contributed by atoms with Crippen LogP contribution in [0.4, 0.5) is 5.82 Å². The topological polar surface area (TPSA) is 48.7 Å². The van der Waals surface area contributed by atoms with Gasteiger partial charge in [-0.05, 0) is 57.5 Å². The van der Waals surface area contributed by atoms with Gasteiger partial charge in [0.2, 0.25) is 0 Å². The highest BCUT2D eigenvalue weighted by atomic mass is 35.5. The molecule has 2 aliphatic rings. The first kappa shape index (κ1) is 19.8. The molecular weight excluding hydrogens is 396 g/mol. The molecule has 0 amide bonds. The van der Waals surface area contributed by atoms with E-state index in [2.05, 4.69) is 56.7 Å². The Bertz CT molecular complexity index is 1040. The summed E-state index contributed by atoms with van der Waals surface area (Å²) < 4.78 is 2.33. The van der Waals surface area contributed by atoms with Crippen molar-refractivity contribution in [1.82, 2.24) is 24.6 Å². The SMILES string of the molecule is Cc1c([C@H]2CCC[C@@H](c3ncccc3Cl)N2)nc2cccc(N3CCN(C)CC3)n12. The standard InChI is InChI=1S/C23H29ClN6/c1-16-22(18-7-3-8-19(26-18)23-17(24)6-5-11-25-23)27-20-9-4-10-21(30(16)20)29-14-12-28(2)13-15-29/h4-6,9-11,18-19,26H,3,7-8,12-15H2,1-2H3/t18-,19+/m1/s1. The normalized spacial score (nSPS) is 23.2. The number of hydrogen-bond donors (Lipinski definition) is 1. The highest BCUT2D eigenvalue weighted by Crippen LogP contribution is 2.36. The number of aromatic nitrogens is 3. The lowest BCUT2D eigenvalue weighted by molar-refractivity contribution is 0.311. The minimum Gasteiger partial charge on any atom is -0.355 e. The highest BCUT2D eigenvalue weighted by molar-refractivity contribution is 6.31. The Morgan fingerprint density at radius 2 is 1.77 bits per heavy atom. The predicted octanol–water partition coefficient (Wildman–Crippen LogP) is 4.00. The number of piperidine rings is 1. The second kappa shape index (κ2) is 8.17. The number of imidazole rings is 1. The molecule has 2 saturated heterocycles. The third-order valence-corrected chi connectivity index (χ3v) is 6.87. The Kier molecular flexibility index (Phi) is 5.39. The van der Waals surface area contributed by atoms with Crippen LogP contribution in [-0.4, -0.2) is 52.5 Å². The Morgan fingerprint density at radius 3 is 2.53 bits per heavy atom. The Morgan fingerprint density at radius 1 is 1.00 bits per heavy atom. The highest BCUT2D eigenvalue weighted by Gasteiger charge is 2.29. The summed E-state index contributed by atoms with van der Waals surface area (Å²) >= 11 is 6.43. The van der Waals surface area contributed by atoms with E-state index in [1.165, 1.54) is 11.5 Å². The zero-order valence-corrected chi connectivity index (χ0v) is 18.4. The monoisotopic (exact) mass is 424 g/mol. The molecule has 0 unspecified atom stereocenters. The van der Waals surface area contributed by atoms with Gasteiger partial charge in [0.05, 0.1) is 28.5 Å². The summed E-state index contributed by atoms with van der Waals surface area (Å²) in [5.41, 5.74) is 4.35. The van der Waals surface area contributed by atoms with Crippen LogP contribution in [0, 0.1) is 6.92 Å². The molecule has 5 rings (SSSR count). The van der Waals surface area contributed by atoms with Crippen molar-refractivity contribution >= 4 is 23.1 Å². The van der Waals surface area contributed by atoms with Crippen molar-refractivity contribution in [3.63, 3.8) is 0 Å². The van der Waals surface area contributed by atoms with E-state index in [9.17, 15) is 0 Å². The fourth-order valence-corrected chi connectivity index (χ4v) is 5.12. The van der Waals surface area contributed by atoms with Gasteiger partial charge >= 0.3 is 0 Å². The first-order valence-electron chi connectivity index (χ1n) is 10.9. The molecule has 7 heteroatoms. The number of halogens is 1. The fourth-order valence-electron chi connectivity index (χ4n) is 4.87. The summed E-state index contributed by atoms with van der Waals surface area (Å²) in [6, 6.07) is 10.7. The van der Waals surface area contributed by atoms with Gasteiger partial charge in [0.15, 0.2) is 0 Å². The van der Waals surface area contributed by atoms with Gasteiger partial charge in [-0.1, -0.05) is 17.7 Å². The predicted molar refractivity (Wildman–Crippen MR) is 121 cm³/mol. The van der Waals surface area contributed by atoms with E-state index < -0.39 is 0 Å². The molecule has 0 bridgehead atoms. The maximum Gasteiger partial charge on any atom is 0.138 e. The van der Waals surface area contributed by atoms with Gasteiger partial charge < -0.3 is 15.1 Å². The third kappa shape index (κ3) is 3.57. The van der Waals surface area contributed by atoms with Gasteiger partial charge in [-0.15, -0.1) is 0 Å². The van der Waals surface area contributed by atoms with Crippen molar-refractivity contribution in [3.8, 4) is 0 Å². The zero-order valence-electron chi connectivity index (χ0n) is 17.7.